The number of nitrogens with one attached hydrogen (secondary N) is 1. The molecule has 0 aliphatic heterocycles. The first-order valence-electron chi connectivity index (χ1n) is 5.10. The summed E-state index contributed by atoms with van der Waals surface area (Å²) in [6, 6.07) is -0.381. The van der Waals surface area contributed by atoms with Crippen molar-refractivity contribution in [3.8, 4) is 0 Å². The van der Waals surface area contributed by atoms with Crippen molar-refractivity contribution < 1.29 is 9.63 Å². The number of carbonyl (C=O) groups is 1. The van der Waals surface area contributed by atoms with E-state index in [1.54, 1.807) is 0 Å². The molecule has 0 fully saturated rings. The number of primary amides is 1. The Labute approximate surface area is 86.1 Å². The normalized spacial score (nSPS) is 13.6. The number of hydrogen-bond acceptors (Lipinski definition) is 3. The Balaban J connectivity index is 3.80. The highest BCUT2D eigenvalue weighted by Crippen LogP contribution is 2.04. The highest BCUT2D eigenvalue weighted by molar-refractivity contribution is 5.79. The molecule has 3 N–H and O–H groups in total. The Morgan fingerprint density at radius 1 is 1.29 bits per heavy atom. The van der Waals surface area contributed by atoms with Gasteiger partial charge in [-0.2, -0.15) is 5.48 Å². The highest BCUT2D eigenvalue weighted by Gasteiger charge is 2.16. The van der Waals surface area contributed by atoms with Gasteiger partial charge in [0, 0.05) is 0 Å². The zero-order valence-corrected chi connectivity index (χ0v) is 9.54. The van der Waals surface area contributed by atoms with Crippen LogP contribution in [0.5, 0.6) is 0 Å². The maximum atomic E-state index is 11.0. The van der Waals surface area contributed by atoms with Crippen LogP contribution in [0.3, 0.4) is 0 Å². The van der Waals surface area contributed by atoms with Gasteiger partial charge in [0.25, 0.3) is 0 Å². The molecule has 0 saturated heterocycles. The van der Waals surface area contributed by atoms with E-state index >= 15 is 0 Å². The summed E-state index contributed by atoms with van der Waals surface area (Å²) in [7, 11) is 0. The Bertz CT molecular complexity index is 170. The molecule has 0 aliphatic carbocycles. The monoisotopic (exact) mass is 202 g/mol. The highest BCUT2D eigenvalue weighted by atomic mass is 16.6. The van der Waals surface area contributed by atoms with Crippen molar-refractivity contribution >= 4 is 5.91 Å². The third-order valence-corrected chi connectivity index (χ3v) is 1.69. The van der Waals surface area contributed by atoms with Crippen molar-refractivity contribution in [2.75, 3.05) is 6.61 Å². The van der Waals surface area contributed by atoms with E-state index in [4.69, 9.17) is 10.6 Å². The van der Waals surface area contributed by atoms with Crippen LogP contribution in [-0.4, -0.2) is 18.6 Å². The summed E-state index contributed by atoms with van der Waals surface area (Å²) in [5, 5.41) is 0. The molecule has 4 heteroatoms. The third kappa shape index (κ3) is 6.86. The maximum Gasteiger partial charge on any atom is 0.236 e. The Morgan fingerprint density at radius 3 is 2.21 bits per heavy atom. The lowest BCUT2D eigenvalue weighted by Crippen LogP contribution is -2.42. The number of carbonyl (C=O) groups excluding carboxylic acids is 1. The number of amides is 1. The Kier molecular flexibility index (Phi) is 6.49. The van der Waals surface area contributed by atoms with Crippen LogP contribution in [0, 0.1) is 11.8 Å². The van der Waals surface area contributed by atoms with Crippen molar-refractivity contribution in [2.24, 2.45) is 17.6 Å². The lowest BCUT2D eigenvalue weighted by Gasteiger charge is -2.17. The second-order valence-corrected chi connectivity index (χ2v) is 4.41. The minimum atomic E-state index is -0.381. The minimum absolute atomic E-state index is 0.359. The molecule has 0 rings (SSSR count). The van der Waals surface area contributed by atoms with Gasteiger partial charge in [-0.3, -0.25) is 4.79 Å². The van der Waals surface area contributed by atoms with E-state index in [-0.39, 0.29) is 11.9 Å². The average Bonchev–Trinajstić information content (AvgIpc) is 2.00. The Morgan fingerprint density at radius 2 is 1.86 bits per heavy atom. The van der Waals surface area contributed by atoms with Crippen molar-refractivity contribution in [3.05, 3.63) is 0 Å². The van der Waals surface area contributed by atoms with Crippen LogP contribution in [0.15, 0.2) is 0 Å². The molecule has 1 amide bonds. The number of nitrogens with two attached hydrogens (primary N) is 1. The molecule has 1 atom stereocenters. The predicted molar refractivity (Wildman–Crippen MR) is 56.4 cm³/mol. The smallest absolute Gasteiger partial charge is 0.236 e. The van der Waals surface area contributed by atoms with E-state index in [1.165, 1.54) is 0 Å². The predicted octanol–water partition coefficient (Wildman–Crippen LogP) is 1.06. The fraction of sp³-hybridized carbons (Fsp3) is 0.900. The maximum absolute atomic E-state index is 11.0. The first-order chi connectivity index (χ1) is 6.43. The quantitative estimate of drug-likeness (QED) is 0.607. The molecule has 0 heterocycles. The van der Waals surface area contributed by atoms with E-state index in [2.05, 4.69) is 5.48 Å². The van der Waals surface area contributed by atoms with Crippen molar-refractivity contribution in [2.45, 2.75) is 40.2 Å². The van der Waals surface area contributed by atoms with E-state index < -0.39 is 0 Å². The third-order valence-electron chi connectivity index (χ3n) is 1.69. The molecular weight excluding hydrogens is 180 g/mol. The zero-order chi connectivity index (χ0) is 11.1. The van der Waals surface area contributed by atoms with Gasteiger partial charge in [0.05, 0.1) is 6.61 Å². The van der Waals surface area contributed by atoms with Gasteiger partial charge in [-0.1, -0.05) is 27.7 Å². The standard InChI is InChI=1S/C10H22N2O2/c1-7(2)5-9(10(11)13)12-14-6-8(3)4/h7-9,12H,5-6H2,1-4H3,(H2,11,13)/t9-/m0/s1. The molecule has 0 aliphatic rings. The zero-order valence-electron chi connectivity index (χ0n) is 9.54. The molecule has 0 spiro atoms. The molecule has 0 aromatic rings. The minimum Gasteiger partial charge on any atom is -0.368 e. The lowest BCUT2D eigenvalue weighted by molar-refractivity contribution is -0.125. The number of hydroxylamine groups is 1. The molecule has 0 radical (unpaired) electrons. The molecule has 0 saturated carbocycles. The summed E-state index contributed by atoms with van der Waals surface area (Å²) < 4.78 is 0. The fourth-order valence-corrected chi connectivity index (χ4v) is 1.01. The largest absolute Gasteiger partial charge is 0.368 e. The first kappa shape index (κ1) is 13.4. The average molecular weight is 202 g/mol. The molecule has 0 bridgehead atoms. The topological polar surface area (TPSA) is 64.3 Å². The van der Waals surface area contributed by atoms with Gasteiger partial charge < -0.3 is 10.6 Å². The van der Waals surface area contributed by atoms with Gasteiger partial charge in [-0.25, -0.2) is 0 Å². The van der Waals surface area contributed by atoms with Crippen molar-refractivity contribution in [1.82, 2.24) is 5.48 Å². The van der Waals surface area contributed by atoms with Crippen LogP contribution in [0.4, 0.5) is 0 Å². The van der Waals surface area contributed by atoms with Crippen LogP contribution < -0.4 is 11.2 Å². The van der Waals surface area contributed by atoms with Gasteiger partial charge in [0.15, 0.2) is 0 Å². The molecular formula is C10H22N2O2. The van der Waals surface area contributed by atoms with Crippen molar-refractivity contribution in [3.63, 3.8) is 0 Å². The lowest BCUT2D eigenvalue weighted by atomic mass is 10.0. The molecule has 84 valence electrons. The van der Waals surface area contributed by atoms with Gasteiger partial charge in [-0.05, 0) is 18.3 Å². The summed E-state index contributed by atoms with van der Waals surface area (Å²) in [5.41, 5.74) is 7.93. The van der Waals surface area contributed by atoms with E-state index in [0.717, 1.165) is 0 Å². The SMILES string of the molecule is CC(C)CON[C@@H](CC(C)C)C(N)=O. The van der Waals surface area contributed by atoms with Gasteiger partial charge in [0.2, 0.25) is 5.91 Å². The molecule has 4 nitrogen and oxygen atoms in total. The molecule has 14 heavy (non-hydrogen) atoms. The summed E-state index contributed by atoms with van der Waals surface area (Å²) in [5.74, 6) is 0.500. The van der Waals surface area contributed by atoms with Crippen LogP contribution >= 0.6 is 0 Å². The van der Waals surface area contributed by atoms with Gasteiger partial charge >= 0.3 is 0 Å². The first-order valence-corrected chi connectivity index (χ1v) is 5.10. The summed E-state index contributed by atoms with van der Waals surface area (Å²) in [6.07, 6.45) is 0.702. The van der Waals surface area contributed by atoms with Crippen molar-refractivity contribution in [1.29, 1.82) is 0 Å². The molecule has 0 unspecified atom stereocenters. The number of rotatable bonds is 7. The van der Waals surface area contributed by atoms with E-state index in [1.807, 2.05) is 27.7 Å². The van der Waals surface area contributed by atoms with Gasteiger partial charge in [-0.15, -0.1) is 0 Å². The second kappa shape index (κ2) is 6.79. The van der Waals surface area contributed by atoms with E-state index in [9.17, 15) is 4.79 Å². The van der Waals surface area contributed by atoms with Crippen LogP contribution in [0.1, 0.15) is 34.1 Å². The van der Waals surface area contributed by atoms with E-state index in [0.29, 0.717) is 24.9 Å². The summed E-state index contributed by atoms with van der Waals surface area (Å²) in [4.78, 5) is 16.2. The molecule has 0 aromatic heterocycles. The Hall–Kier alpha value is -0.610. The summed E-state index contributed by atoms with van der Waals surface area (Å²) >= 11 is 0. The summed E-state index contributed by atoms with van der Waals surface area (Å²) in [6.45, 7) is 8.76. The number of hydrogen-bond donors (Lipinski definition) is 2. The second-order valence-electron chi connectivity index (χ2n) is 4.41. The molecule has 0 aromatic carbocycles. The van der Waals surface area contributed by atoms with Crippen LogP contribution in [0.25, 0.3) is 0 Å². The van der Waals surface area contributed by atoms with Gasteiger partial charge in [0.1, 0.15) is 6.04 Å². The fourth-order valence-electron chi connectivity index (χ4n) is 1.01. The van der Waals surface area contributed by atoms with Crippen LogP contribution in [0.2, 0.25) is 0 Å². The van der Waals surface area contributed by atoms with Crippen LogP contribution in [-0.2, 0) is 9.63 Å².